The van der Waals surface area contributed by atoms with E-state index in [0.29, 0.717) is 12.0 Å². The molecule has 2 aromatic carbocycles. The first kappa shape index (κ1) is 25.2. The van der Waals surface area contributed by atoms with Crippen LogP contribution in [0.2, 0.25) is 0 Å². The van der Waals surface area contributed by atoms with Gasteiger partial charge in [0, 0.05) is 10.5 Å². The van der Waals surface area contributed by atoms with Gasteiger partial charge in [0.2, 0.25) is 5.91 Å². The maximum atomic E-state index is 14.0. The van der Waals surface area contributed by atoms with E-state index >= 15 is 0 Å². The van der Waals surface area contributed by atoms with Crippen molar-refractivity contribution in [1.29, 1.82) is 0 Å². The molecule has 1 atom stereocenters. The fraction of sp³-hybridized carbons (Fsp3) is 0.440. The van der Waals surface area contributed by atoms with E-state index in [0.717, 1.165) is 56.2 Å². The van der Waals surface area contributed by atoms with Gasteiger partial charge in [-0.25, -0.2) is 4.39 Å². The van der Waals surface area contributed by atoms with E-state index in [4.69, 9.17) is 10.5 Å². The molecular weight excluding hydrogens is 441 g/mol. The number of primary amides is 1. The van der Waals surface area contributed by atoms with Gasteiger partial charge in [-0.1, -0.05) is 0 Å². The lowest BCUT2D eigenvalue weighted by Gasteiger charge is -2.35. The molecule has 1 unspecified atom stereocenters. The Morgan fingerprint density at radius 3 is 2.36 bits per heavy atom. The van der Waals surface area contributed by atoms with Crippen LogP contribution in [0.25, 0.3) is 0 Å². The molecule has 1 saturated carbocycles. The SMILES string of the molecule is CNC.NC(=O)C1(Sc2ccc(Oc3ccc(C=O)cc3F)cc2)CCC2(CCNCC2)C1. The largest absolute Gasteiger partial charge is 0.454 e. The van der Waals surface area contributed by atoms with Gasteiger partial charge in [0.1, 0.15) is 12.0 Å². The van der Waals surface area contributed by atoms with Gasteiger partial charge in [0.15, 0.2) is 11.6 Å². The highest BCUT2D eigenvalue weighted by atomic mass is 32.2. The topological polar surface area (TPSA) is 93.4 Å². The summed E-state index contributed by atoms with van der Waals surface area (Å²) in [6.07, 6.45) is 5.40. The highest BCUT2D eigenvalue weighted by Gasteiger charge is 2.52. The average Bonchev–Trinajstić information content (AvgIpc) is 3.16. The second kappa shape index (κ2) is 11.1. The van der Waals surface area contributed by atoms with Gasteiger partial charge in [-0.3, -0.25) is 9.59 Å². The molecule has 8 heteroatoms. The number of benzene rings is 2. The summed E-state index contributed by atoms with van der Waals surface area (Å²) in [6.45, 7) is 1.99. The third-order valence-corrected chi connectivity index (χ3v) is 7.74. The summed E-state index contributed by atoms with van der Waals surface area (Å²) in [6, 6.07) is 11.3. The molecule has 6 nitrogen and oxygen atoms in total. The lowest BCUT2D eigenvalue weighted by molar-refractivity contribution is -0.120. The predicted octanol–water partition coefficient (Wildman–Crippen LogP) is 4.14. The van der Waals surface area contributed by atoms with Crippen molar-refractivity contribution in [2.75, 3.05) is 27.2 Å². The van der Waals surface area contributed by atoms with Crippen LogP contribution in [-0.2, 0) is 4.79 Å². The van der Waals surface area contributed by atoms with E-state index in [1.54, 1.807) is 12.1 Å². The van der Waals surface area contributed by atoms with Gasteiger partial charge in [-0.15, -0.1) is 11.8 Å². The van der Waals surface area contributed by atoms with Crippen molar-refractivity contribution in [1.82, 2.24) is 10.6 Å². The van der Waals surface area contributed by atoms with Crippen molar-refractivity contribution >= 4 is 24.0 Å². The number of ether oxygens (including phenoxy) is 1. The molecule has 0 bridgehead atoms. The molecule has 2 aromatic rings. The first-order valence-corrected chi connectivity index (χ1v) is 12.0. The summed E-state index contributed by atoms with van der Waals surface area (Å²) in [5.74, 6) is -0.311. The quantitative estimate of drug-likeness (QED) is 0.546. The number of thioether (sulfide) groups is 1. The molecule has 1 aliphatic heterocycles. The van der Waals surface area contributed by atoms with Crippen LogP contribution in [0.15, 0.2) is 47.4 Å². The normalized spacial score (nSPS) is 21.2. The van der Waals surface area contributed by atoms with Crippen molar-refractivity contribution in [2.24, 2.45) is 11.1 Å². The highest BCUT2D eigenvalue weighted by Crippen LogP contribution is 2.56. The Morgan fingerprint density at radius 2 is 1.79 bits per heavy atom. The number of hydrogen-bond acceptors (Lipinski definition) is 6. The van der Waals surface area contributed by atoms with Crippen molar-refractivity contribution in [2.45, 2.75) is 41.7 Å². The minimum absolute atomic E-state index is 0.0539. The van der Waals surface area contributed by atoms with E-state index in [-0.39, 0.29) is 22.6 Å². The van der Waals surface area contributed by atoms with Crippen LogP contribution >= 0.6 is 11.8 Å². The van der Waals surface area contributed by atoms with Gasteiger partial charge in [-0.05, 0) is 107 Å². The molecule has 1 aliphatic carbocycles. The molecule has 33 heavy (non-hydrogen) atoms. The minimum atomic E-state index is -0.594. The molecule has 1 spiro atoms. The van der Waals surface area contributed by atoms with Crippen LogP contribution in [0.5, 0.6) is 11.5 Å². The highest BCUT2D eigenvalue weighted by molar-refractivity contribution is 8.01. The molecular formula is C25H32FN3O3S. The Balaban J connectivity index is 0.000000968. The Labute approximate surface area is 198 Å². The zero-order chi connectivity index (χ0) is 23.9. The van der Waals surface area contributed by atoms with E-state index in [9.17, 15) is 14.0 Å². The van der Waals surface area contributed by atoms with Crippen molar-refractivity contribution in [3.63, 3.8) is 0 Å². The Hall–Kier alpha value is -2.42. The van der Waals surface area contributed by atoms with Gasteiger partial charge >= 0.3 is 0 Å². The van der Waals surface area contributed by atoms with Crippen LogP contribution in [0.3, 0.4) is 0 Å². The van der Waals surface area contributed by atoms with Crippen molar-refractivity contribution < 1.29 is 18.7 Å². The fourth-order valence-corrected chi connectivity index (χ4v) is 5.99. The lowest BCUT2D eigenvalue weighted by atomic mass is 9.77. The zero-order valence-electron chi connectivity index (χ0n) is 19.2. The minimum Gasteiger partial charge on any atom is -0.454 e. The average molecular weight is 474 g/mol. The van der Waals surface area contributed by atoms with Crippen LogP contribution in [-0.4, -0.2) is 44.1 Å². The summed E-state index contributed by atoms with van der Waals surface area (Å²) in [5.41, 5.74) is 6.34. The van der Waals surface area contributed by atoms with Crippen LogP contribution in [0.4, 0.5) is 4.39 Å². The number of piperidine rings is 1. The smallest absolute Gasteiger partial charge is 0.234 e. The van der Waals surface area contributed by atoms with Crippen LogP contribution in [0, 0.1) is 11.2 Å². The molecule has 1 saturated heterocycles. The van der Waals surface area contributed by atoms with Crippen molar-refractivity contribution in [3.05, 3.63) is 53.8 Å². The van der Waals surface area contributed by atoms with Crippen LogP contribution in [0.1, 0.15) is 42.5 Å². The summed E-state index contributed by atoms with van der Waals surface area (Å²) in [5, 5.41) is 6.15. The van der Waals surface area contributed by atoms with Gasteiger partial charge in [0.05, 0.1) is 4.75 Å². The Kier molecular flexibility index (Phi) is 8.51. The number of nitrogens with two attached hydrogens (primary N) is 1. The number of nitrogens with one attached hydrogen (secondary N) is 2. The molecule has 4 rings (SSSR count). The summed E-state index contributed by atoms with van der Waals surface area (Å²) in [7, 11) is 3.75. The van der Waals surface area contributed by atoms with Gasteiger partial charge < -0.3 is 21.1 Å². The first-order valence-electron chi connectivity index (χ1n) is 11.2. The third-order valence-electron chi connectivity index (χ3n) is 6.29. The van der Waals surface area contributed by atoms with Crippen molar-refractivity contribution in [3.8, 4) is 11.5 Å². The molecule has 0 radical (unpaired) electrons. The van der Waals surface area contributed by atoms with E-state index in [1.165, 1.54) is 23.9 Å². The maximum Gasteiger partial charge on any atom is 0.234 e. The number of hydrogen-bond donors (Lipinski definition) is 3. The molecule has 0 aromatic heterocycles. The summed E-state index contributed by atoms with van der Waals surface area (Å²) < 4.78 is 19.1. The van der Waals surface area contributed by atoms with E-state index in [2.05, 4.69) is 10.6 Å². The summed E-state index contributed by atoms with van der Waals surface area (Å²) >= 11 is 1.53. The number of carbonyl (C=O) groups excluding carboxylic acids is 2. The number of carbonyl (C=O) groups is 2. The number of aldehydes is 1. The summed E-state index contributed by atoms with van der Waals surface area (Å²) in [4.78, 5) is 24.1. The van der Waals surface area contributed by atoms with E-state index < -0.39 is 10.6 Å². The number of rotatable bonds is 6. The maximum absolute atomic E-state index is 14.0. The number of halogens is 1. The van der Waals surface area contributed by atoms with E-state index in [1.807, 2.05) is 26.2 Å². The molecule has 4 N–H and O–H groups in total. The molecule has 1 heterocycles. The van der Waals surface area contributed by atoms with Gasteiger partial charge in [0.25, 0.3) is 0 Å². The molecule has 2 fully saturated rings. The molecule has 2 aliphatic rings. The standard InChI is InChI=1S/C23H25FN2O3S.C2H7N/c24-19-13-16(14-27)1-6-20(19)29-17-2-4-18(5-3-17)30-23(21(25)28)8-7-22(15-23)9-11-26-12-10-22;1-3-2/h1-6,13-14,26H,7-12,15H2,(H2,25,28);3H,1-2H3. The molecule has 178 valence electrons. The second-order valence-electron chi connectivity index (χ2n) is 8.77. The second-order valence-corrected chi connectivity index (χ2v) is 10.2. The first-order chi connectivity index (χ1) is 15.8. The van der Waals surface area contributed by atoms with Crippen LogP contribution < -0.4 is 21.1 Å². The lowest BCUT2D eigenvalue weighted by Crippen LogP contribution is -2.42. The fourth-order valence-electron chi connectivity index (χ4n) is 4.58. The predicted molar refractivity (Wildman–Crippen MR) is 129 cm³/mol. The Bertz CT molecular complexity index is 964. The van der Waals surface area contributed by atoms with Gasteiger partial charge in [-0.2, -0.15) is 0 Å². The Morgan fingerprint density at radius 1 is 1.12 bits per heavy atom. The number of amides is 1. The molecule has 1 amide bonds. The zero-order valence-corrected chi connectivity index (χ0v) is 20.0. The third kappa shape index (κ3) is 6.13. The monoisotopic (exact) mass is 473 g/mol.